The zero-order valence-electron chi connectivity index (χ0n) is 13.6. The molecule has 1 aliphatic carbocycles. The third-order valence-corrected chi connectivity index (χ3v) is 5.35. The van der Waals surface area contributed by atoms with Gasteiger partial charge in [0.25, 0.3) is 5.91 Å². The zero-order chi connectivity index (χ0) is 16.4. The van der Waals surface area contributed by atoms with Crippen LogP contribution in [0.5, 0.6) is 0 Å². The standard InChI is InChI=1S/C16H22N4O2S/c1-3-19(4-2)16(22)13-9-23-10-20(13)15(21)12-7-8-17-14(18-12)11-5-6-11/h7-8,11,13H,3-6,9-10H2,1-2H3. The van der Waals surface area contributed by atoms with Gasteiger partial charge in [-0.05, 0) is 32.8 Å². The monoisotopic (exact) mass is 334 g/mol. The first-order chi connectivity index (χ1) is 11.2. The molecule has 1 atom stereocenters. The molecule has 1 aromatic rings. The lowest BCUT2D eigenvalue weighted by Gasteiger charge is -2.28. The van der Waals surface area contributed by atoms with Crippen LogP contribution in [0, 0.1) is 0 Å². The van der Waals surface area contributed by atoms with E-state index in [2.05, 4.69) is 9.97 Å². The highest BCUT2D eigenvalue weighted by Crippen LogP contribution is 2.37. The number of hydrogen-bond acceptors (Lipinski definition) is 5. The molecular weight excluding hydrogens is 312 g/mol. The summed E-state index contributed by atoms with van der Waals surface area (Å²) in [4.78, 5) is 37.6. The van der Waals surface area contributed by atoms with Crippen LogP contribution in [0.1, 0.15) is 48.9 Å². The van der Waals surface area contributed by atoms with E-state index in [-0.39, 0.29) is 17.9 Å². The predicted octanol–water partition coefficient (Wildman–Crippen LogP) is 1.74. The minimum absolute atomic E-state index is 0.0322. The van der Waals surface area contributed by atoms with Gasteiger partial charge in [0.1, 0.15) is 17.6 Å². The number of nitrogens with zero attached hydrogens (tertiary/aromatic N) is 4. The highest BCUT2D eigenvalue weighted by atomic mass is 32.2. The Bertz CT molecular complexity index is 601. The number of thioether (sulfide) groups is 1. The average Bonchev–Trinajstić information content (AvgIpc) is 3.32. The maximum atomic E-state index is 12.8. The van der Waals surface area contributed by atoms with Gasteiger partial charge in [-0.15, -0.1) is 11.8 Å². The lowest BCUT2D eigenvalue weighted by Crippen LogP contribution is -2.49. The van der Waals surface area contributed by atoms with Crippen molar-refractivity contribution in [2.45, 2.75) is 38.6 Å². The smallest absolute Gasteiger partial charge is 0.273 e. The number of hydrogen-bond donors (Lipinski definition) is 0. The molecule has 2 amide bonds. The van der Waals surface area contributed by atoms with Crippen molar-refractivity contribution in [1.29, 1.82) is 0 Å². The second-order valence-electron chi connectivity index (χ2n) is 5.88. The summed E-state index contributed by atoms with van der Waals surface area (Å²) in [6.45, 7) is 5.25. The summed E-state index contributed by atoms with van der Waals surface area (Å²) in [6, 6.07) is 1.27. The number of rotatable bonds is 5. The number of aromatic nitrogens is 2. The summed E-state index contributed by atoms with van der Waals surface area (Å²) >= 11 is 1.62. The fourth-order valence-corrected chi connectivity index (χ4v) is 3.92. The van der Waals surface area contributed by atoms with E-state index in [9.17, 15) is 9.59 Å². The number of amides is 2. The van der Waals surface area contributed by atoms with Crippen molar-refractivity contribution in [1.82, 2.24) is 19.8 Å². The van der Waals surface area contributed by atoms with Gasteiger partial charge >= 0.3 is 0 Å². The van der Waals surface area contributed by atoms with Crippen LogP contribution in [0.4, 0.5) is 0 Å². The second kappa shape index (κ2) is 6.86. The molecule has 23 heavy (non-hydrogen) atoms. The van der Waals surface area contributed by atoms with Crippen molar-refractivity contribution in [2.75, 3.05) is 24.7 Å². The first kappa shape index (κ1) is 16.2. The van der Waals surface area contributed by atoms with E-state index in [0.29, 0.717) is 36.3 Å². The lowest BCUT2D eigenvalue weighted by atomic mass is 10.2. The molecule has 1 aromatic heterocycles. The Morgan fingerprint density at radius 3 is 2.74 bits per heavy atom. The van der Waals surface area contributed by atoms with Crippen molar-refractivity contribution < 1.29 is 9.59 Å². The Morgan fingerprint density at radius 2 is 2.09 bits per heavy atom. The molecule has 1 saturated heterocycles. The van der Waals surface area contributed by atoms with Crippen molar-refractivity contribution >= 4 is 23.6 Å². The van der Waals surface area contributed by atoms with Gasteiger partial charge in [0.05, 0.1) is 5.88 Å². The first-order valence-corrected chi connectivity index (χ1v) is 9.31. The van der Waals surface area contributed by atoms with E-state index < -0.39 is 0 Å². The first-order valence-electron chi connectivity index (χ1n) is 8.16. The molecule has 1 unspecified atom stereocenters. The Labute approximate surface area is 140 Å². The number of carbonyl (C=O) groups excluding carboxylic acids is 2. The van der Waals surface area contributed by atoms with E-state index in [1.165, 1.54) is 0 Å². The van der Waals surface area contributed by atoms with Gasteiger partial charge < -0.3 is 9.80 Å². The maximum absolute atomic E-state index is 12.8. The van der Waals surface area contributed by atoms with Crippen molar-refractivity contribution in [3.8, 4) is 0 Å². The molecule has 2 fully saturated rings. The normalized spacial score (nSPS) is 20.6. The van der Waals surface area contributed by atoms with Crippen LogP contribution >= 0.6 is 11.8 Å². The summed E-state index contributed by atoms with van der Waals surface area (Å²) in [7, 11) is 0. The molecule has 0 radical (unpaired) electrons. The van der Waals surface area contributed by atoms with Crippen LogP contribution in [-0.4, -0.2) is 62.3 Å². The van der Waals surface area contributed by atoms with Crippen LogP contribution in [0.3, 0.4) is 0 Å². The van der Waals surface area contributed by atoms with Crippen molar-refractivity contribution in [3.63, 3.8) is 0 Å². The van der Waals surface area contributed by atoms with Gasteiger partial charge in [-0.1, -0.05) is 0 Å². The van der Waals surface area contributed by atoms with Gasteiger partial charge in [0, 0.05) is 31.0 Å². The molecular formula is C16H22N4O2S. The van der Waals surface area contributed by atoms with E-state index in [4.69, 9.17) is 0 Å². The number of carbonyl (C=O) groups is 2. The van der Waals surface area contributed by atoms with Gasteiger partial charge in [0.15, 0.2) is 0 Å². The van der Waals surface area contributed by atoms with Gasteiger partial charge in [0.2, 0.25) is 5.91 Å². The molecule has 2 aliphatic rings. The SMILES string of the molecule is CCN(CC)C(=O)C1CSCN1C(=O)c1ccnc(C2CC2)n1. The average molecular weight is 334 g/mol. The maximum Gasteiger partial charge on any atom is 0.273 e. The highest BCUT2D eigenvalue weighted by molar-refractivity contribution is 7.99. The largest absolute Gasteiger partial charge is 0.341 e. The molecule has 0 bridgehead atoms. The third kappa shape index (κ3) is 3.34. The van der Waals surface area contributed by atoms with Crippen LogP contribution < -0.4 is 0 Å². The van der Waals surface area contributed by atoms with Crippen molar-refractivity contribution in [2.24, 2.45) is 0 Å². The summed E-state index contributed by atoms with van der Waals surface area (Å²) in [6.07, 6.45) is 3.85. The van der Waals surface area contributed by atoms with Gasteiger partial charge in [-0.25, -0.2) is 9.97 Å². The zero-order valence-corrected chi connectivity index (χ0v) is 14.4. The number of likely N-dealkylation sites (N-methyl/N-ethyl adjacent to an activating group) is 1. The minimum atomic E-state index is -0.383. The van der Waals surface area contributed by atoms with Crippen LogP contribution in [0.2, 0.25) is 0 Å². The third-order valence-electron chi connectivity index (χ3n) is 4.34. The molecule has 6 nitrogen and oxygen atoms in total. The Balaban J connectivity index is 1.77. The molecule has 7 heteroatoms. The summed E-state index contributed by atoms with van der Waals surface area (Å²) in [5.74, 6) is 2.23. The molecule has 1 saturated carbocycles. The predicted molar refractivity (Wildman–Crippen MR) is 89.2 cm³/mol. The molecule has 124 valence electrons. The van der Waals surface area contributed by atoms with E-state index in [0.717, 1.165) is 18.7 Å². The van der Waals surface area contributed by atoms with Crippen LogP contribution in [-0.2, 0) is 4.79 Å². The summed E-state index contributed by atoms with van der Waals surface area (Å²) in [5.41, 5.74) is 0.404. The molecule has 0 spiro atoms. The summed E-state index contributed by atoms with van der Waals surface area (Å²) < 4.78 is 0. The van der Waals surface area contributed by atoms with E-state index in [1.54, 1.807) is 33.8 Å². The van der Waals surface area contributed by atoms with Gasteiger partial charge in [-0.3, -0.25) is 9.59 Å². The molecule has 0 N–H and O–H groups in total. The van der Waals surface area contributed by atoms with E-state index >= 15 is 0 Å². The Hall–Kier alpha value is -1.63. The Morgan fingerprint density at radius 1 is 1.35 bits per heavy atom. The van der Waals surface area contributed by atoms with Gasteiger partial charge in [-0.2, -0.15) is 0 Å². The fraction of sp³-hybridized carbons (Fsp3) is 0.625. The molecule has 2 heterocycles. The second-order valence-corrected chi connectivity index (χ2v) is 6.88. The highest BCUT2D eigenvalue weighted by Gasteiger charge is 2.37. The topological polar surface area (TPSA) is 66.4 Å². The quantitative estimate of drug-likeness (QED) is 0.820. The van der Waals surface area contributed by atoms with Crippen molar-refractivity contribution in [3.05, 3.63) is 23.8 Å². The van der Waals surface area contributed by atoms with E-state index in [1.807, 2.05) is 13.8 Å². The van der Waals surface area contributed by atoms with Crippen LogP contribution in [0.15, 0.2) is 12.3 Å². The van der Waals surface area contributed by atoms with Crippen LogP contribution in [0.25, 0.3) is 0 Å². The summed E-state index contributed by atoms with van der Waals surface area (Å²) in [5, 5.41) is 0. The minimum Gasteiger partial charge on any atom is -0.341 e. The Kier molecular flexibility index (Phi) is 4.84. The molecule has 3 rings (SSSR count). The lowest BCUT2D eigenvalue weighted by molar-refractivity contribution is -0.134. The fourth-order valence-electron chi connectivity index (χ4n) is 2.77. The molecule has 1 aliphatic heterocycles. The molecule has 0 aromatic carbocycles.